The summed E-state index contributed by atoms with van der Waals surface area (Å²) in [5.74, 6) is 0.550. The van der Waals surface area contributed by atoms with E-state index in [4.69, 9.17) is 4.74 Å². The van der Waals surface area contributed by atoms with Crippen LogP contribution in [0.2, 0.25) is 0 Å². The van der Waals surface area contributed by atoms with E-state index in [1.54, 1.807) is 4.90 Å². The summed E-state index contributed by atoms with van der Waals surface area (Å²) in [5, 5.41) is 2.98. The number of amides is 1. The van der Waals surface area contributed by atoms with E-state index in [9.17, 15) is 4.79 Å². The summed E-state index contributed by atoms with van der Waals surface area (Å²) in [5.41, 5.74) is 1.93. The summed E-state index contributed by atoms with van der Waals surface area (Å²) >= 11 is 0. The molecule has 3 rings (SSSR count). The van der Waals surface area contributed by atoms with Gasteiger partial charge in [-0.3, -0.25) is 4.79 Å². The largest absolute Gasteiger partial charge is 0.484 e. The Kier molecular flexibility index (Phi) is 5.33. The number of carbonyl (C=O) groups excluding carboxylic acids is 1. The molecule has 0 aliphatic carbocycles. The molecule has 0 aromatic heterocycles. The SMILES string of the molecule is C[NH+]1CCN(c2ccccc2NC(=O)COc2ccccc2)CC1. The number of rotatable bonds is 5. The van der Waals surface area contributed by atoms with E-state index in [2.05, 4.69) is 23.3 Å². The van der Waals surface area contributed by atoms with Crippen LogP contribution in [0.25, 0.3) is 0 Å². The minimum absolute atomic E-state index is 0.00519. The zero-order chi connectivity index (χ0) is 16.8. The van der Waals surface area contributed by atoms with Gasteiger partial charge in [-0.2, -0.15) is 0 Å². The summed E-state index contributed by atoms with van der Waals surface area (Å²) in [7, 11) is 2.21. The number of hydrogen-bond acceptors (Lipinski definition) is 3. The molecule has 1 heterocycles. The van der Waals surface area contributed by atoms with E-state index in [0.717, 1.165) is 37.6 Å². The molecular weight excluding hydrogens is 302 g/mol. The summed E-state index contributed by atoms with van der Waals surface area (Å²) < 4.78 is 5.51. The molecule has 5 heteroatoms. The number of ether oxygens (including phenoxy) is 1. The third kappa shape index (κ3) is 4.26. The molecule has 0 atom stereocenters. The van der Waals surface area contributed by atoms with Gasteiger partial charge in [0.05, 0.1) is 44.6 Å². The van der Waals surface area contributed by atoms with E-state index in [0.29, 0.717) is 5.75 Å². The van der Waals surface area contributed by atoms with Crippen LogP contribution in [0.5, 0.6) is 5.75 Å². The monoisotopic (exact) mass is 326 g/mol. The van der Waals surface area contributed by atoms with Crippen LogP contribution < -0.4 is 19.9 Å². The van der Waals surface area contributed by atoms with Crippen LogP contribution in [-0.2, 0) is 4.79 Å². The lowest BCUT2D eigenvalue weighted by Gasteiger charge is -2.33. The highest BCUT2D eigenvalue weighted by Gasteiger charge is 2.19. The van der Waals surface area contributed by atoms with Gasteiger partial charge in [-0.05, 0) is 24.3 Å². The molecule has 126 valence electrons. The number of carbonyl (C=O) groups is 1. The summed E-state index contributed by atoms with van der Waals surface area (Å²) in [4.78, 5) is 16.1. The maximum absolute atomic E-state index is 12.2. The van der Waals surface area contributed by atoms with Crippen molar-refractivity contribution < 1.29 is 14.4 Å². The Bertz CT molecular complexity index is 667. The van der Waals surface area contributed by atoms with Crippen molar-refractivity contribution in [2.75, 3.05) is 50.1 Å². The Labute approximate surface area is 142 Å². The van der Waals surface area contributed by atoms with Crippen LogP contribution in [0.3, 0.4) is 0 Å². The maximum atomic E-state index is 12.2. The molecule has 2 aromatic carbocycles. The van der Waals surface area contributed by atoms with Crippen LogP contribution in [0, 0.1) is 0 Å². The van der Waals surface area contributed by atoms with Crippen molar-refractivity contribution in [2.45, 2.75) is 0 Å². The van der Waals surface area contributed by atoms with E-state index >= 15 is 0 Å². The zero-order valence-corrected chi connectivity index (χ0v) is 14.0. The Morgan fingerprint density at radius 1 is 1.08 bits per heavy atom. The number of nitrogens with one attached hydrogen (secondary N) is 2. The van der Waals surface area contributed by atoms with Crippen molar-refractivity contribution >= 4 is 17.3 Å². The third-order valence-electron chi connectivity index (χ3n) is 4.25. The normalized spacial score (nSPS) is 15.1. The smallest absolute Gasteiger partial charge is 0.262 e. The topological polar surface area (TPSA) is 46.0 Å². The van der Waals surface area contributed by atoms with Crippen LogP contribution in [-0.4, -0.2) is 45.7 Å². The predicted molar refractivity (Wildman–Crippen MR) is 95.8 cm³/mol. The lowest BCUT2D eigenvalue weighted by Crippen LogP contribution is -3.12. The van der Waals surface area contributed by atoms with Crippen molar-refractivity contribution in [1.82, 2.24) is 0 Å². The molecule has 0 bridgehead atoms. The molecule has 1 aliphatic rings. The fourth-order valence-corrected chi connectivity index (χ4v) is 2.84. The summed E-state index contributed by atoms with van der Waals surface area (Å²) in [6.07, 6.45) is 0. The Morgan fingerprint density at radius 3 is 2.50 bits per heavy atom. The lowest BCUT2D eigenvalue weighted by atomic mass is 10.2. The first-order valence-corrected chi connectivity index (χ1v) is 8.35. The summed E-state index contributed by atoms with van der Waals surface area (Å²) in [6.45, 7) is 4.22. The van der Waals surface area contributed by atoms with Gasteiger partial charge in [-0.15, -0.1) is 0 Å². The number of hydrogen-bond donors (Lipinski definition) is 2. The number of piperazine rings is 1. The highest BCUT2D eigenvalue weighted by atomic mass is 16.5. The Hall–Kier alpha value is -2.53. The molecule has 5 nitrogen and oxygen atoms in total. The number of para-hydroxylation sites is 3. The van der Waals surface area contributed by atoms with E-state index in [-0.39, 0.29) is 12.5 Å². The first-order chi connectivity index (χ1) is 11.7. The molecule has 24 heavy (non-hydrogen) atoms. The van der Waals surface area contributed by atoms with Crippen molar-refractivity contribution in [1.29, 1.82) is 0 Å². The molecule has 1 saturated heterocycles. The quantitative estimate of drug-likeness (QED) is 0.863. The maximum Gasteiger partial charge on any atom is 0.262 e. The Balaban J connectivity index is 1.61. The second kappa shape index (κ2) is 7.84. The van der Waals surface area contributed by atoms with Gasteiger partial charge in [0.1, 0.15) is 5.75 Å². The first-order valence-electron chi connectivity index (χ1n) is 8.35. The van der Waals surface area contributed by atoms with Crippen molar-refractivity contribution in [3.05, 3.63) is 54.6 Å². The minimum atomic E-state index is -0.147. The van der Waals surface area contributed by atoms with Crippen LogP contribution in [0.4, 0.5) is 11.4 Å². The molecule has 0 spiro atoms. The van der Waals surface area contributed by atoms with Crippen molar-refractivity contribution in [3.63, 3.8) is 0 Å². The molecular formula is C19H24N3O2+. The number of benzene rings is 2. The average Bonchev–Trinajstić information content (AvgIpc) is 2.62. The van der Waals surface area contributed by atoms with E-state index in [1.165, 1.54) is 0 Å². The molecule has 1 amide bonds. The second-order valence-corrected chi connectivity index (χ2v) is 6.11. The molecule has 0 unspecified atom stereocenters. The molecule has 0 radical (unpaired) electrons. The van der Waals surface area contributed by atoms with Gasteiger partial charge in [-0.1, -0.05) is 30.3 Å². The molecule has 1 fully saturated rings. The fraction of sp³-hybridized carbons (Fsp3) is 0.316. The number of nitrogens with zero attached hydrogens (tertiary/aromatic N) is 1. The van der Waals surface area contributed by atoms with Crippen LogP contribution in [0.15, 0.2) is 54.6 Å². The van der Waals surface area contributed by atoms with E-state index < -0.39 is 0 Å². The number of quaternary nitrogens is 1. The van der Waals surface area contributed by atoms with Crippen molar-refractivity contribution in [3.8, 4) is 5.75 Å². The lowest BCUT2D eigenvalue weighted by molar-refractivity contribution is -0.880. The third-order valence-corrected chi connectivity index (χ3v) is 4.25. The predicted octanol–water partition coefficient (Wildman–Crippen LogP) is 1.04. The fourth-order valence-electron chi connectivity index (χ4n) is 2.84. The molecule has 1 aliphatic heterocycles. The summed E-state index contributed by atoms with van der Waals surface area (Å²) in [6, 6.07) is 17.3. The van der Waals surface area contributed by atoms with Gasteiger partial charge in [0, 0.05) is 0 Å². The van der Waals surface area contributed by atoms with Gasteiger partial charge in [0.25, 0.3) is 5.91 Å². The Morgan fingerprint density at radius 2 is 1.75 bits per heavy atom. The average molecular weight is 326 g/mol. The van der Waals surface area contributed by atoms with Gasteiger partial charge in [0.2, 0.25) is 0 Å². The second-order valence-electron chi connectivity index (χ2n) is 6.11. The van der Waals surface area contributed by atoms with Gasteiger partial charge < -0.3 is 19.9 Å². The molecule has 0 saturated carbocycles. The molecule has 2 N–H and O–H groups in total. The van der Waals surface area contributed by atoms with Crippen LogP contribution >= 0.6 is 0 Å². The number of anilines is 2. The minimum Gasteiger partial charge on any atom is -0.484 e. The molecule has 2 aromatic rings. The van der Waals surface area contributed by atoms with Gasteiger partial charge >= 0.3 is 0 Å². The van der Waals surface area contributed by atoms with E-state index in [1.807, 2.05) is 48.5 Å². The van der Waals surface area contributed by atoms with Crippen molar-refractivity contribution in [2.24, 2.45) is 0 Å². The highest BCUT2D eigenvalue weighted by molar-refractivity contribution is 5.95. The number of likely N-dealkylation sites (N-methyl/N-ethyl adjacent to an activating group) is 1. The van der Waals surface area contributed by atoms with Gasteiger partial charge in [-0.25, -0.2) is 0 Å². The standard InChI is InChI=1S/C19H23N3O2/c1-21-11-13-22(14-12-21)18-10-6-5-9-17(18)20-19(23)15-24-16-7-3-2-4-8-16/h2-10H,11-15H2,1H3,(H,20,23)/p+1. The first kappa shape index (κ1) is 16.3. The van der Waals surface area contributed by atoms with Gasteiger partial charge in [0.15, 0.2) is 6.61 Å². The van der Waals surface area contributed by atoms with Crippen LogP contribution in [0.1, 0.15) is 0 Å². The zero-order valence-electron chi connectivity index (χ0n) is 14.0. The highest BCUT2D eigenvalue weighted by Crippen LogP contribution is 2.25.